The largest absolute Gasteiger partial charge is 0.458 e. The van der Waals surface area contributed by atoms with Gasteiger partial charge in [0.2, 0.25) is 0 Å². The summed E-state index contributed by atoms with van der Waals surface area (Å²) in [5.41, 5.74) is 3.77. The molecule has 130 valence electrons. The van der Waals surface area contributed by atoms with Gasteiger partial charge in [-0.15, -0.1) is 0 Å². The molecule has 1 heterocycles. The van der Waals surface area contributed by atoms with Gasteiger partial charge in [-0.1, -0.05) is 40.7 Å². The Morgan fingerprint density at radius 3 is 2.96 bits per heavy atom. The second-order valence-corrected chi connectivity index (χ2v) is 7.12. The smallest absolute Gasteiger partial charge is 0.337 e. The van der Waals surface area contributed by atoms with E-state index >= 15 is 0 Å². The van der Waals surface area contributed by atoms with Gasteiger partial charge in [-0.2, -0.15) is 0 Å². The lowest BCUT2D eigenvalue weighted by atomic mass is 9.75. The fourth-order valence-corrected chi connectivity index (χ4v) is 3.90. The minimum absolute atomic E-state index is 0.0975. The number of Topliss-reactive ketones (excluding diaryl/α,β-unsaturated/α-hetero) is 1. The molecule has 2 aliphatic rings. The average molecular weight is 402 g/mol. The van der Waals surface area contributed by atoms with Crippen molar-refractivity contribution in [1.82, 2.24) is 5.32 Å². The fraction of sp³-hybridized carbons (Fsp3) is 0.300. The van der Waals surface area contributed by atoms with Crippen molar-refractivity contribution in [1.29, 1.82) is 0 Å². The molecule has 1 aromatic carbocycles. The Balaban J connectivity index is 2.13. The Morgan fingerprint density at radius 2 is 2.24 bits per heavy atom. The number of dihydropyridines is 1. The summed E-state index contributed by atoms with van der Waals surface area (Å²) in [6.07, 6.45) is 3.70. The van der Waals surface area contributed by atoms with Gasteiger partial charge in [-0.25, -0.2) is 4.79 Å². The minimum Gasteiger partial charge on any atom is -0.458 e. The highest BCUT2D eigenvalue weighted by Crippen LogP contribution is 2.42. The Kier molecular flexibility index (Phi) is 5.23. The molecule has 0 radical (unpaired) electrons. The molecule has 0 amide bonds. The number of allylic oxidation sites excluding steroid dienone is 3. The Hall–Kier alpha value is -2.14. The molecule has 1 aliphatic carbocycles. The average Bonchev–Trinajstić information content (AvgIpc) is 2.58. The first-order chi connectivity index (χ1) is 12.0. The lowest BCUT2D eigenvalue weighted by molar-refractivity contribution is -0.138. The third-order valence-corrected chi connectivity index (χ3v) is 5.00. The summed E-state index contributed by atoms with van der Waals surface area (Å²) in [5, 5.41) is 3.27. The molecular weight excluding hydrogens is 382 g/mol. The number of halogens is 1. The highest BCUT2D eigenvalue weighted by atomic mass is 79.9. The van der Waals surface area contributed by atoms with E-state index in [1.807, 2.05) is 31.2 Å². The molecule has 0 aromatic heterocycles. The highest BCUT2D eigenvalue weighted by Gasteiger charge is 2.39. The zero-order valence-electron chi connectivity index (χ0n) is 14.1. The first-order valence-corrected chi connectivity index (χ1v) is 9.09. The molecule has 0 bridgehead atoms. The summed E-state index contributed by atoms with van der Waals surface area (Å²) in [7, 11) is 0. The number of esters is 1. The van der Waals surface area contributed by atoms with Gasteiger partial charge in [0.15, 0.2) is 5.78 Å². The number of nitrogens with one attached hydrogen (secondary N) is 1. The van der Waals surface area contributed by atoms with Crippen molar-refractivity contribution < 1.29 is 14.3 Å². The number of benzene rings is 1. The van der Waals surface area contributed by atoms with Crippen LogP contribution in [-0.2, 0) is 14.3 Å². The predicted octanol–water partition coefficient (Wildman–Crippen LogP) is 4.15. The molecule has 1 atom stereocenters. The van der Waals surface area contributed by atoms with Crippen LogP contribution in [-0.4, -0.2) is 18.4 Å². The maximum atomic E-state index is 12.7. The molecule has 4 nitrogen and oxygen atoms in total. The zero-order valence-corrected chi connectivity index (χ0v) is 15.7. The summed E-state index contributed by atoms with van der Waals surface area (Å²) < 4.78 is 6.21. The quantitative estimate of drug-likeness (QED) is 0.608. The van der Waals surface area contributed by atoms with E-state index in [4.69, 9.17) is 4.74 Å². The van der Waals surface area contributed by atoms with Crippen molar-refractivity contribution in [3.8, 4) is 0 Å². The molecule has 0 unspecified atom stereocenters. The zero-order chi connectivity index (χ0) is 18.0. The van der Waals surface area contributed by atoms with Crippen molar-refractivity contribution in [3.63, 3.8) is 0 Å². The predicted molar refractivity (Wildman–Crippen MR) is 99.8 cm³/mol. The minimum atomic E-state index is -0.417. The maximum Gasteiger partial charge on any atom is 0.337 e. The van der Waals surface area contributed by atoms with Crippen molar-refractivity contribution in [2.75, 3.05) is 6.61 Å². The Morgan fingerprint density at radius 1 is 1.44 bits per heavy atom. The van der Waals surface area contributed by atoms with Gasteiger partial charge in [0.1, 0.15) is 6.61 Å². The second kappa shape index (κ2) is 7.40. The van der Waals surface area contributed by atoms with E-state index in [0.717, 1.165) is 34.3 Å². The van der Waals surface area contributed by atoms with E-state index in [0.29, 0.717) is 17.6 Å². The summed E-state index contributed by atoms with van der Waals surface area (Å²) in [6, 6.07) is 7.74. The number of ketones is 1. The third kappa shape index (κ3) is 3.47. The summed E-state index contributed by atoms with van der Waals surface area (Å²) in [6.45, 7) is 5.58. The van der Waals surface area contributed by atoms with Gasteiger partial charge in [0.25, 0.3) is 0 Å². The summed E-state index contributed by atoms with van der Waals surface area (Å²) >= 11 is 3.48. The third-order valence-electron chi connectivity index (χ3n) is 4.51. The van der Waals surface area contributed by atoms with Crippen LogP contribution in [0.3, 0.4) is 0 Å². The fourth-order valence-electron chi connectivity index (χ4n) is 3.49. The van der Waals surface area contributed by atoms with Crippen LogP contribution in [0.4, 0.5) is 0 Å². The van der Waals surface area contributed by atoms with Gasteiger partial charge < -0.3 is 10.1 Å². The van der Waals surface area contributed by atoms with E-state index in [1.165, 1.54) is 6.08 Å². The monoisotopic (exact) mass is 401 g/mol. The van der Waals surface area contributed by atoms with Crippen LogP contribution in [0.5, 0.6) is 0 Å². The summed E-state index contributed by atoms with van der Waals surface area (Å²) in [4.78, 5) is 25.4. The van der Waals surface area contributed by atoms with Crippen molar-refractivity contribution in [3.05, 3.63) is 69.5 Å². The van der Waals surface area contributed by atoms with Crippen LogP contribution in [0.25, 0.3) is 0 Å². The number of rotatable bonds is 4. The molecule has 0 spiro atoms. The molecule has 0 saturated heterocycles. The van der Waals surface area contributed by atoms with Gasteiger partial charge in [-0.3, -0.25) is 4.79 Å². The van der Waals surface area contributed by atoms with Crippen LogP contribution in [0.2, 0.25) is 0 Å². The van der Waals surface area contributed by atoms with E-state index in [9.17, 15) is 9.59 Å². The highest BCUT2D eigenvalue weighted by molar-refractivity contribution is 9.10. The molecule has 5 heteroatoms. The van der Waals surface area contributed by atoms with Crippen LogP contribution < -0.4 is 5.32 Å². The van der Waals surface area contributed by atoms with Crippen LogP contribution in [0, 0.1) is 0 Å². The van der Waals surface area contributed by atoms with E-state index < -0.39 is 11.9 Å². The SMILES string of the molecule is C=CCOC(=O)C1=C(C)NC2=C(C(=O)CCC2)[C@@H]1c1cccc(Br)c1. The van der Waals surface area contributed by atoms with E-state index in [-0.39, 0.29) is 12.4 Å². The topological polar surface area (TPSA) is 55.4 Å². The van der Waals surface area contributed by atoms with Crippen molar-refractivity contribution in [2.45, 2.75) is 32.1 Å². The van der Waals surface area contributed by atoms with Crippen molar-refractivity contribution >= 4 is 27.7 Å². The maximum absolute atomic E-state index is 12.7. The van der Waals surface area contributed by atoms with Crippen LogP contribution >= 0.6 is 15.9 Å². The van der Waals surface area contributed by atoms with Crippen molar-refractivity contribution in [2.24, 2.45) is 0 Å². The van der Waals surface area contributed by atoms with Gasteiger partial charge >= 0.3 is 5.97 Å². The standard InChI is InChI=1S/C20H20BrNO3/c1-3-10-25-20(24)17-12(2)22-15-8-5-9-16(23)19(15)18(17)13-6-4-7-14(21)11-13/h3-4,6-7,11,18,22H,1,5,8-10H2,2H3/t18-/m1/s1. The molecule has 3 rings (SSSR count). The molecule has 1 aromatic rings. The number of hydrogen-bond acceptors (Lipinski definition) is 4. The molecule has 25 heavy (non-hydrogen) atoms. The lowest BCUT2D eigenvalue weighted by Gasteiger charge is -2.34. The van der Waals surface area contributed by atoms with E-state index in [1.54, 1.807) is 0 Å². The molecule has 0 fully saturated rings. The molecule has 0 saturated carbocycles. The summed E-state index contributed by atoms with van der Waals surface area (Å²) in [5.74, 6) is -0.723. The molecule has 1 aliphatic heterocycles. The lowest BCUT2D eigenvalue weighted by Crippen LogP contribution is -2.34. The first kappa shape index (κ1) is 17.7. The normalized spacial score (nSPS) is 20.1. The Labute approximate surface area is 155 Å². The Bertz CT molecular complexity index is 807. The first-order valence-electron chi connectivity index (χ1n) is 8.30. The van der Waals surface area contributed by atoms with Gasteiger partial charge in [0, 0.05) is 33.8 Å². The number of carbonyl (C=O) groups excluding carboxylic acids is 2. The van der Waals surface area contributed by atoms with Crippen LogP contribution in [0.15, 0.2) is 63.9 Å². The number of ether oxygens (including phenoxy) is 1. The van der Waals surface area contributed by atoms with Gasteiger partial charge in [-0.05, 0) is 37.5 Å². The number of hydrogen-bond donors (Lipinski definition) is 1. The molecular formula is C20H20BrNO3. The second-order valence-electron chi connectivity index (χ2n) is 6.21. The van der Waals surface area contributed by atoms with E-state index in [2.05, 4.69) is 27.8 Å². The number of carbonyl (C=O) groups is 2. The van der Waals surface area contributed by atoms with Crippen LogP contribution in [0.1, 0.15) is 37.7 Å². The van der Waals surface area contributed by atoms with Gasteiger partial charge in [0.05, 0.1) is 5.57 Å². The molecule has 1 N–H and O–H groups in total.